The molecule has 1 rings (SSSR count). The van der Waals surface area contributed by atoms with E-state index in [1.54, 1.807) is 7.11 Å². The largest absolute Gasteiger partial charge is 0.492 e. The van der Waals surface area contributed by atoms with Crippen molar-refractivity contribution < 1.29 is 9.47 Å². The Kier molecular flexibility index (Phi) is 8.18. The summed E-state index contributed by atoms with van der Waals surface area (Å²) in [5, 5.41) is 3.30. The molecule has 1 N–H and O–H groups in total. The van der Waals surface area contributed by atoms with Crippen LogP contribution in [0.15, 0.2) is 12.1 Å². The number of aryl methyl sites for hydroxylation is 1. The van der Waals surface area contributed by atoms with Gasteiger partial charge in [0.05, 0.1) is 18.9 Å². The summed E-state index contributed by atoms with van der Waals surface area (Å²) in [6.45, 7) is 5.95. The summed E-state index contributed by atoms with van der Waals surface area (Å²) in [6, 6.07) is 3.99. The highest BCUT2D eigenvalue weighted by molar-refractivity contribution is 5.29. The average molecular weight is 281 g/mol. The van der Waals surface area contributed by atoms with Crippen LogP contribution in [0.1, 0.15) is 17.8 Å². The molecule has 20 heavy (non-hydrogen) atoms. The maximum atomic E-state index is 5.84. The second kappa shape index (κ2) is 9.69. The number of hydrogen-bond acceptors (Lipinski definition) is 5. The van der Waals surface area contributed by atoms with Crippen LogP contribution in [-0.4, -0.2) is 57.4 Å². The van der Waals surface area contributed by atoms with E-state index in [4.69, 9.17) is 9.47 Å². The molecule has 0 saturated carbocycles. The maximum absolute atomic E-state index is 5.84. The topological polar surface area (TPSA) is 46.6 Å². The standard InChI is InChI=1S/C15H27N3O2/c1-13-6-7-15(20-10-5-9-18(2)3)14(17-13)12-16-8-11-19-4/h6-7,16H,5,8-12H2,1-4H3. The molecule has 5 nitrogen and oxygen atoms in total. The summed E-state index contributed by atoms with van der Waals surface area (Å²) >= 11 is 0. The number of rotatable bonds is 10. The fourth-order valence-corrected chi connectivity index (χ4v) is 1.80. The molecule has 0 aliphatic carbocycles. The molecular formula is C15H27N3O2. The Morgan fingerprint density at radius 1 is 1.25 bits per heavy atom. The lowest BCUT2D eigenvalue weighted by Crippen LogP contribution is -2.20. The van der Waals surface area contributed by atoms with E-state index < -0.39 is 0 Å². The number of ether oxygens (including phenoxy) is 2. The Morgan fingerprint density at radius 3 is 2.75 bits per heavy atom. The SMILES string of the molecule is COCCNCc1nc(C)ccc1OCCCN(C)C. The van der Waals surface area contributed by atoms with Gasteiger partial charge in [-0.3, -0.25) is 4.98 Å². The van der Waals surface area contributed by atoms with Crippen molar-refractivity contribution in [2.45, 2.75) is 19.9 Å². The Bertz CT molecular complexity index is 383. The zero-order valence-corrected chi connectivity index (χ0v) is 13.1. The minimum Gasteiger partial charge on any atom is -0.492 e. The highest BCUT2D eigenvalue weighted by atomic mass is 16.5. The van der Waals surface area contributed by atoms with Gasteiger partial charge in [-0.1, -0.05) is 0 Å². The van der Waals surface area contributed by atoms with Crippen LogP contribution in [0.25, 0.3) is 0 Å². The van der Waals surface area contributed by atoms with Crippen molar-refractivity contribution in [3.8, 4) is 5.75 Å². The molecule has 0 bridgehead atoms. The number of methoxy groups -OCH3 is 1. The predicted octanol–water partition coefficient (Wildman–Crippen LogP) is 1.46. The molecule has 0 radical (unpaired) electrons. The molecule has 5 heteroatoms. The van der Waals surface area contributed by atoms with Crippen LogP contribution in [0.2, 0.25) is 0 Å². The van der Waals surface area contributed by atoms with Crippen molar-refractivity contribution in [3.05, 3.63) is 23.5 Å². The van der Waals surface area contributed by atoms with Crippen molar-refractivity contribution in [1.29, 1.82) is 0 Å². The lowest BCUT2D eigenvalue weighted by molar-refractivity contribution is 0.198. The van der Waals surface area contributed by atoms with Crippen LogP contribution in [0.3, 0.4) is 0 Å². The van der Waals surface area contributed by atoms with E-state index in [1.165, 1.54) is 0 Å². The van der Waals surface area contributed by atoms with Gasteiger partial charge in [-0.05, 0) is 39.6 Å². The molecule has 0 amide bonds. The van der Waals surface area contributed by atoms with Gasteiger partial charge in [0, 0.05) is 32.4 Å². The number of pyridine rings is 1. The van der Waals surface area contributed by atoms with Crippen LogP contribution in [0.4, 0.5) is 0 Å². The van der Waals surface area contributed by atoms with Crippen molar-refractivity contribution in [2.75, 3.05) is 47.5 Å². The van der Waals surface area contributed by atoms with E-state index >= 15 is 0 Å². The van der Waals surface area contributed by atoms with Crippen molar-refractivity contribution in [1.82, 2.24) is 15.2 Å². The highest BCUT2D eigenvalue weighted by Gasteiger charge is 2.06. The second-order valence-corrected chi connectivity index (χ2v) is 5.07. The molecule has 1 aromatic rings. The Labute approximate surface area is 122 Å². The molecule has 0 aliphatic heterocycles. The quantitative estimate of drug-likeness (QED) is 0.658. The van der Waals surface area contributed by atoms with Gasteiger partial charge >= 0.3 is 0 Å². The van der Waals surface area contributed by atoms with Crippen molar-refractivity contribution in [2.24, 2.45) is 0 Å². The third-order valence-corrected chi connectivity index (χ3v) is 2.85. The Hall–Kier alpha value is -1.17. The molecule has 0 aromatic carbocycles. The van der Waals surface area contributed by atoms with Crippen molar-refractivity contribution in [3.63, 3.8) is 0 Å². The zero-order valence-electron chi connectivity index (χ0n) is 13.1. The van der Waals surface area contributed by atoms with Crippen LogP contribution >= 0.6 is 0 Å². The van der Waals surface area contributed by atoms with Gasteiger partial charge in [0.15, 0.2) is 0 Å². The van der Waals surface area contributed by atoms with Gasteiger partial charge in [0.1, 0.15) is 5.75 Å². The average Bonchev–Trinajstić information content (AvgIpc) is 2.41. The van der Waals surface area contributed by atoms with E-state index in [1.807, 2.05) is 19.1 Å². The summed E-state index contributed by atoms with van der Waals surface area (Å²) in [4.78, 5) is 6.70. The zero-order chi connectivity index (χ0) is 14.8. The lowest BCUT2D eigenvalue weighted by atomic mass is 10.2. The maximum Gasteiger partial charge on any atom is 0.142 e. The van der Waals surface area contributed by atoms with Crippen molar-refractivity contribution >= 4 is 0 Å². The summed E-state index contributed by atoms with van der Waals surface area (Å²) < 4.78 is 10.9. The first kappa shape index (κ1) is 16.9. The summed E-state index contributed by atoms with van der Waals surface area (Å²) in [5.74, 6) is 0.874. The molecule has 0 unspecified atom stereocenters. The third-order valence-electron chi connectivity index (χ3n) is 2.85. The number of aromatic nitrogens is 1. The number of nitrogens with one attached hydrogen (secondary N) is 1. The second-order valence-electron chi connectivity index (χ2n) is 5.07. The summed E-state index contributed by atoms with van der Waals surface area (Å²) in [5.41, 5.74) is 1.97. The lowest BCUT2D eigenvalue weighted by Gasteiger charge is -2.13. The van der Waals surface area contributed by atoms with Gasteiger partial charge in [-0.2, -0.15) is 0 Å². The number of nitrogens with zero attached hydrogens (tertiary/aromatic N) is 2. The Morgan fingerprint density at radius 2 is 2.05 bits per heavy atom. The molecule has 114 valence electrons. The molecule has 1 heterocycles. The van der Waals surface area contributed by atoms with Crippen LogP contribution in [-0.2, 0) is 11.3 Å². The monoisotopic (exact) mass is 281 g/mol. The Balaban J connectivity index is 2.47. The fraction of sp³-hybridized carbons (Fsp3) is 0.667. The van der Waals surface area contributed by atoms with Crippen LogP contribution in [0, 0.1) is 6.92 Å². The molecule has 0 atom stereocenters. The molecular weight excluding hydrogens is 254 g/mol. The minimum atomic E-state index is 0.699. The van der Waals surface area contributed by atoms with Gasteiger partial charge in [-0.15, -0.1) is 0 Å². The third kappa shape index (κ3) is 6.84. The van der Waals surface area contributed by atoms with E-state index in [0.717, 1.165) is 36.6 Å². The van der Waals surface area contributed by atoms with E-state index in [9.17, 15) is 0 Å². The molecule has 1 aromatic heterocycles. The fourth-order valence-electron chi connectivity index (χ4n) is 1.80. The first-order valence-electron chi connectivity index (χ1n) is 7.07. The predicted molar refractivity (Wildman–Crippen MR) is 81.2 cm³/mol. The molecule has 0 saturated heterocycles. The van der Waals surface area contributed by atoms with E-state index in [-0.39, 0.29) is 0 Å². The first-order valence-corrected chi connectivity index (χ1v) is 7.07. The minimum absolute atomic E-state index is 0.699. The van der Waals surface area contributed by atoms with Gasteiger partial charge in [0.2, 0.25) is 0 Å². The molecule has 0 aliphatic rings. The van der Waals surface area contributed by atoms with E-state index in [0.29, 0.717) is 19.8 Å². The first-order chi connectivity index (χ1) is 9.63. The van der Waals surface area contributed by atoms with Crippen LogP contribution in [0.5, 0.6) is 5.75 Å². The summed E-state index contributed by atoms with van der Waals surface area (Å²) in [7, 11) is 5.84. The van der Waals surface area contributed by atoms with Gasteiger partial charge in [-0.25, -0.2) is 0 Å². The van der Waals surface area contributed by atoms with E-state index in [2.05, 4.69) is 29.3 Å². The summed E-state index contributed by atoms with van der Waals surface area (Å²) in [6.07, 6.45) is 1.01. The van der Waals surface area contributed by atoms with Crippen LogP contribution < -0.4 is 10.1 Å². The molecule has 0 spiro atoms. The highest BCUT2D eigenvalue weighted by Crippen LogP contribution is 2.17. The smallest absolute Gasteiger partial charge is 0.142 e. The normalized spacial score (nSPS) is 11.1. The van der Waals surface area contributed by atoms with Gasteiger partial charge in [0.25, 0.3) is 0 Å². The number of hydrogen-bond donors (Lipinski definition) is 1. The molecule has 0 fully saturated rings. The van der Waals surface area contributed by atoms with Gasteiger partial charge < -0.3 is 19.7 Å².